The third kappa shape index (κ3) is 3.63. The maximum atomic E-state index is 12.2. The Morgan fingerprint density at radius 2 is 1.88 bits per heavy atom. The van der Waals surface area contributed by atoms with Gasteiger partial charge in [-0.2, -0.15) is 0 Å². The van der Waals surface area contributed by atoms with Crippen LogP contribution < -0.4 is 11.5 Å². The molecule has 4 N–H and O–H groups in total. The summed E-state index contributed by atoms with van der Waals surface area (Å²) < 4.78 is 0.463. The molecule has 1 unspecified atom stereocenters. The van der Waals surface area contributed by atoms with Gasteiger partial charge in [0.2, 0.25) is 11.9 Å². The summed E-state index contributed by atoms with van der Waals surface area (Å²) in [6, 6.07) is 9.17. The summed E-state index contributed by atoms with van der Waals surface area (Å²) in [5.41, 5.74) is 12.2. The molecule has 4 nitrogen and oxygen atoms in total. The zero-order valence-electron chi connectivity index (χ0n) is 10.6. The van der Waals surface area contributed by atoms with Gasteiger partial charge in [-0.25, -0.2) is 0 Å². The summed E-state index contributed by atoms with van der Waals surface area (Å²) >= 11 is 0. The SMILES string of the molecule is C[N+](C)(CCCN)C(N)C(=O)c1ccccc1. The van der Waals surface area contributed by atoms with E-state index in [9.17, 15) is 4.79 Å². The van der Waals surface area contributed by atoms with Gasteiger partial charge in [-0.05, 0) is 6.54 Å². The molecular formula is C13H22N3O+. The molecule has 1 aromatic carbocycles. The fourth-order valence-corrected chi connectivity index (χ4v) is 1.73. The Labute approximate surface area is 103 Å². The van der Waals surface area contributed by atoms with E-state index in [1.165, 1.54) is 0 Å². The topological polar surface area (TPSA) is 69.1 Å². The lowest BCUT2D eigenvalue weighted by molar-refractivity contribution is -0.905. The molecule has 0 spiro atoms. The highest BCUT2D eigenvalue weighted by atomic mass is 16.1. The van der Waals surface area contributed by atoms with Gasteiger partial charge in [0.15, 0.2) is 0 Å². The summed E-state index contributed by atoms with van der Waals surface area (Å²) in [5.74, 6) is -0.0207. The van der Waals surface area contributed by atoms with Gasteiger partial charge < -0.3 is 10.2 Å². The molecule has 0 saturated heterocycles. The molecule has 94 valence electrons. The van der Waals surface area contributed by atoms with Crippen molar-refractivity contribution in [3.05, 3.63) is 35.9 Å². The molecule has 0 radical (unpaired) electrons. The van der Waals surface area contributed by atoms with E-state index in [-0.39, 0.29) is 5.78 Å². The third-order valence-corrected chi connectivity index (χ3v) is 3.02. The second-order valence-electron chi connectivity index (χ2n) is 4.82. The Bertz CT molecular complexity index is 362. The second-order valence-corrected chi connectivity index (χ2v) is 4.82. The first-order valence-electron chi connectivity index (χ1n) is 5.86. The van der Waals surface area contributed by atoms with E-state index in [2.05, 4.69) is 0 Å². The van der Waals surface area contributed by atoms with E-state index < -0.39 is 6.17 Å². The number of likely N-dealkylation sites (N-methyl/N-ethyl adjacent to an activating group) is 1. The van der Waals surface area contributed by atoms with Crippen molar-refractivity contribution in [2.45, 2.75) is 12.6 Å². The number of Topliss-reactive ketones (excluding diaryl/α,β-unsaturated/α-hetero) is 1. The van der Waals surface area contributed by atoms with Crippen LogP contribution in [0.1, 0.15) is 16.8 Å². The molecule has 1 rings (SSSR count). The van der Waals surface area contributed by atoms with Gasteiger partial charge in [-0.3, -0.25) is 10.5 Å². The van der Waals surface area contributed by atoms with Crippen LogP contribution in [0, 0.1) is 0 Å². The van der Waals surface area contributed by atoms with E-state index in [1.54, 1.807) is 12.1 Å². The van der Waals surface area contributed by atoms with E-state index in [0.717, 1.165) is 13.0 Å². The van der Waals surface area contributed by atoms with E-state index >= 15 is 0 Å². The van der Waals surface area contributed by atoms with Gasteiger partial charge in [-0.15, -0.1) is 0 Å². The van der Waals surface area contributed by atoms with Crippen molar-refractivity contribution in [3.63, 3.8) is 0 Å². The van der Waals surface area contributed by atoms with Gasteiger partial charge in [0.1, 0.15) is 0 Å². The molecule has 0 aromatic heterocycles. The second kappa shape index (κ2) is 5.91. The van der Waals surface area contributed by atoms with Crippen LogP contribution in [0.25, 0.3) is 0 Å². The largest absolute Gasteiger partial charge is 0.330 e. The average molecular weight is 236 g/mol. The summed E-state index contributed by atoms with van der Waals surface area (Å²) in [5, 5.41) is 0. The Hall–Kier alpha value is -1.23. The minimum atomic E-state index is -0.538. The smallest absolute Gasteiger partial charge is 0.235 e. The molecule has 0 saturated carbocycles. The minimum absolute atomic E-state index is 0.0207. The number of benzene rings is 1. The molecule has 0 heterocycles. The van der Waals surface area contributed by atoms with Gasteiger partial charge >= 0.3 is 0 Å². The highest BCUT2D eigenvalue weighted by Crippen LogP contribution is 2.10. The van der Waals surface area contributed by atoms with Gasteiger partial charge in [0.25, 0.3) is 0 Å². The van der Waals surface area contributed by atoms with E-state index in [4.69, 9.17) is 11.5 Å². The van der Waals surface area contributed by atoms with E-state index in [1.807, 2.05) is 32.3 Å². The predicted molar refractivity (Wildman–Crippen MR) is 69.4 cm³/mol. The Morgan fingerprint density at radius 1 is 1.29 bits per heavy atom. The van der Waals surface area contributed by atoms with Gasteiger partial charge in [0.05, 0.1) is 20.6 Å². The van der Waals surface area contributed by atoms with Crippen LogP contribution in [0.5, 0.6) is 0 Å². The molecule has 17 heavy (non-hydrogen) atoms. The van der Waals surface area contributed by atoms with Gasteiger partial charge in [0, 0.05) is 12.0 Å². The van der Waals surface area contributed by atoms with Crippen molar-refractivity contribution in [1.29, 1.82) is 0 Å². The lowest BCUT2D eigenvalue weighted by atomic mass is 10.1. The summed E-state index contributed by atoms with van der Waals surface area (Å²) in [6.07, 6.45) is 0.326. The number of ketones is 1. The van der Waals surface area contributed by atoms with Crippen molar-refractivity contribution in [3.8, 4) is 0 Å². The molecular weight excluding hydrogens is 214 g/mol. The maximum Gasteiger partial charge on any atom is 0.235 e. The van der Waals surface area contributed by atoms with Crippen LogP contribution in [-0.4, -0.2) is 43.6 Å². The quantitative estimate of drug-likeness (QED) is 0.431. The Balaban J connectivity index is 2.76. The first kappa shape index (κ1) is 13.8. The molecule has 0 aliphatic carbocycles. The number of nitrogens with two attached hydrogens (primary N) is 2. The molecule has 0 bridgehead atoms. The standard InChI is InChI=1S/C13H22N3O/c1-16(2,10-6-9-14)13(15)12(17)11-7-4-3-5-8-11/h3-5,7-8,13H,6,9-10,14-15H2,1-2H3/q+1. The summed E-state index contributed by atoms with van der Waals surface area (Å²) in [7, 11) is 3.92. The lowest BCUT2D eigenvalue weighted by Crippen LogP contribution is -2.58. The Morgan fingerprint density at radius 3 is 2.41 bits per heavy atom. The number of carbonyl (C=O) groups excluding carboxylic acids is 1. The van der Waals surface area contributed by atoms with Crippen LogP contribution >= 0.6 is 0 Å². The van der Waals surface area contributed by atoms with Crippen molar-refractivity contribution in [2.75, 3.05) is 27.2 Å². The number of nitrogens with zero attached hydrogens (tertiary/aromatic N) is 1. The van der Waals surface area contributed by atoms with Crippen molar-refractivity contribution in [1.82, 2.24) is 0 Å². The number of quaternary nitrogens is 1. The van der Waals surface area contributed by atoms with Crippen molar-refractivity contribution >= 4 is 5.78 Å². The number of hydrogen-bond donors (Lipinski definition) is 2. The molecule has 1 aromatic rings. The number of rotatable bonds is 6. The van der Waals surface area contributed by atoms with Crippen LogP contribution in [-0.2, 0) is 0 Å². The predicted octanol–water partition coefficient (Wildman–Crippen LogP) is 0.579. The molecule has 0 aliphatic rings. The zero-order chi connectivity index (χ0) is 12.9. The van der Waals surface area contributed by atoms with Crippen LogP contribution in [0.2, 0.25) is 0 Å². The highest BCUT2D eigenvalue weighted by molar-refractivity contribution is 5.98. The van der Waals surface area contributed by atoms with Crippen molar-refractivity contribution in [2.24, 2.45) is 11.5 Å². The number of hydrogen-bond acceptors (Lipinski definition) is 3. The summed E-state index contributed by atoms with van der Waals surface area (Å²) in [6.45, 7) is 1.42. The van der Waals surface area contributed by atoms with Crippen LogP contribution in [0.3, 0.4) is 0 Å². The normalized spacial score (nSPS) is 13.4. The zero-order valence-corrected chi connectivity index (χ0v) is 10.6. The van der Waals surface area contributed by atoms with E-state index in [0.29, 0.717) is 16.6 Å². The summed E-state index contributed by atoms with van der Waals surface area (Å²) in [4.78, 5) is 12.2. The molecule has 1 atom stereocenters. The van der Waals surface area contributed by atoms with Crippen LogP contribution in [0.4, 0.5) is 0 Å². The maximum absolute atomic E-state index is 12.2. The first-order valence-corrected chi connectivity index (χ1v) is 5.86. The number of carbonyl (C=O) groups is 1. The third-order valence-electron chi connectivity index (χ3n) is 3.02. The fourth-order valence-electron chi connectivity index (χ4n) is 1.73. The monoisotopic (exact) mass is 236 g/mol. The lowest BCUT2D eigenvalue weighted by Gasteiger charge is -2.34. The van der Waals surface area contributed by atoms with Crippen molar-refractivity contribution < 1.29 is 9.28 Å². The molecule has 0 fully saturated rings. The minimum Gasteiger partial charge on any atom is -0.330 e. The average Bonchev–Trinajstić information content (AvgIpc) is 2.35. The first-order chi connectivity index (χ1) is 7.99. The van der Waals surface area contributed by atoms with Gasteiger partial charge in [-0.1, -0.05) is 30.3 Å². The molecule has 4 heteroatoms. The molecule has 0 aliphatic heterocycles. The fraction of sp³-hybridized carbons (Fsp3) is 0.462. The molecule has 0 amide bonds. The van der Waals surface area contributed by atoms with Crippen LogP contribution in [0.15, 0.2) is 30.3 Å². The Kier molecular flexibility index (Phi) is 4.81. The highest BCUT2D eigenvalue weighted by Gasteiger charge is 2.31.